The molecule has 110 valence electrons. The molecule has 0 spiro atoms. The summed E-state index contributed by atoms with van der Waals surface area (Å²) in [6.45, 7) is 0.301. The van der Waals surface area contributed by atoms with Gasteiger partial charge in [0.05, 0.1) is 9.95 Å². The summed E-state index contributed by atoms with van der Waals surface area (Å²) in [6.07, 6.45) is 3.85. The summed E-state index contributed by atoms with van der Waals surface area (Å²) in [6, 6.07) is 3.37. The minimum Gasteiger partial charge on any atom is -0.258 e. The Morgan fingerprint density at radius 2 is 2.15 bits per heavy atom. The molecule has 0 heterocycles. The molecule has 0 radical (unpaired) electrons. The normalized spacial score (nSPS) is 16.9. The van der Waals surface area contributed by atoms with Crippen molar-refractivity contribution in [2.75, 3.05) is 12.8 Å². The van der Waals surface area contributed by atoms with Gasteiger partial charge in [-0.2, -0.15) is 11.8 Å². The summed E-state index contributed by atoms with van der Waals surface area (Å²) in [7, 11) is -3.85. The van der Waals surface area contributed by atoms with Crippen LogP contribution in [0.4, 0.5) is 5.69 Å². The van der Waals surface area contributed by atoms with Crippen molar-refractivity contribution in [3.63, 3.8) is 0 Å². The van der Waals surface area contributed by atoms with Crippen molar-refractivity contribution in [1.29, 1.82) is 0 Å². The Morgan fingerprint density at radius 3 is 2.65 bits per heavy atom. The second kappa shape index (κ2) is 5.51. The number of nitro groups is 1. The molecule has 1 aromatic carbocycles. The van der Waals surface area contributed by atoms with E-state index in [2.05, 4.69) is 4.72 Å². The van der Waals surface area contributed by atoms with E-state index >= 15 is 0 Å². The zero-order valence-electron chi connectivity index (χ0n) is 10.6. The molecule has 2 rings (SSSR count). The number of hydrogen-bond donors (Lipinski definition) is 1. The van der Waals surface area contributed by atoms with Crippen LogP contribution in [-0.2, 0) is 10.0 Å². The van der Waals surface area contributed by atoms with Gasteiger partial charge in [0.15, 0.2) is 0 Å². The zero-order chi connectivity index (χ0) is 15.0. The fourth-order valence-electron chi connectivity index (χ4n) is 1.71. The lowest BCUT2D eigenvalue weighted by Crippen LogP contribution is -2.32. The number of nitro benzene ring substituents is 1. The maximum atomic E-state index is 12.2. The van der Waals surface area contributed by atoms with E-state index < -0.39 is 14.9 Å². The number of nitrogens with one attached hydrogen (secondary N) is 1. The second-order valence-corrected chi connectivity index (χ2v) is 8.00. The van der Waals surface area contributed by atoms with E-state index in [0.717, 1.165) is 18.9 Å². The molecule has 1 fully saturated rings. The molecule has 1 aliphatic rings. The Bertz CT molecular complexity index is 644. The van der Waals surface area contributed by atoms with Crippen molar-refractivity contribution in [2.45, 2.75) is 22.5 Å². The lowest BCUT2D eigenvalue weighted by molar-refractivity contribution is -0.385. The fourth-order valence-corrected chi connectivity index (χ4v) is 4.17. The van der Waals surface area contributed by atoms with Crippen LogP contribution in [0.5, 0.6) is 0 Å². The van der Waals surface area contributed by atoms with Crippen molar-refractivity contribution in [2.24, 2.45) is 0 Å². The summed E-state index contributed by atoms with van der Waals surface area (Å²) in [5.74, 6) is 0. The zero-order valence-corrected chi connectivity index (χ0v) is 13.0. The average Bonchev–Trinajstić information content (AvgIpc) is 3.17. The Labute approximate surface area is 126 Å². The molecular formula is C11H13ClN2O4S2. The third kappa shape index (κ3) is 3.25. The SMILES string of the molecule is CSC1(CNS(=O)(=O)c2cc([N+](=O)[O-])ccc2Cl)CC1. The molecule has 1 N–H and O–H groups in total. The van der Waals surface area contributed by atoms with E-state index in [-0.39, 0.29) is 20.4 Å². The first-order chi connectivity index (χ1) is 9.30. The van der Waals surface area contributed by atoms with Crippen molar-refractivity contribution in [1.82, 2.24) is 4.72 Å². The number of non-ortho nitro benzene ring substituents is 1. The summed E-state index contributed by atoms with van der Waals surface area (Å²) in [4.78, 5) is 9.80. The van der Waals surface area contributed by atoms with Gasteiger partial charge in [-0.1, -0.05) is 11.6 Å². The standard InChI is InChI=1S/C11H13ClN2O4S2/c1-19-11(4-5-11)7-13-20(17,18)10-6-8(14(15)16)2-3-9(10)12/h2-3,6,13H,4-5,7H2,1H3. The van der Waals surface area contributed by atoms with Crippen LogP contribution in [0.25, 0.3) is 0 Å². The Balaban J connectivity index is 2.24. The topological polar surface area (TPSA) is 89.3 Å². The molecule has 0 aliphatic heterocycles. The van der Waals surface area contributed by atoms with Crippen LogP contribution in [0, 0.1) is 10.1 Å². The van der Waals surface area contributed by atoms with Gasteiger partial charge < -0.3 is 0 Å². The number of nitrogens with zero attached hydrogens (tertiary/aromatic N) is 1. The van der Waals surface area contributed by atoms with Gasteiger partial charge in [-0.3, -0.25) is 10.1 Å². The number of rotatable bonds is 6. The van der Waals surface area contributed by atoms with Gasteiger partial charge in [0.25, 0.3) is 5.69 Å². The van der Waals surface area contributed by atoms with Gasteiger partial charge in [-0.05, 0) is 25.2 Å². The highest BCUT2D eigenvalue weighted by molar-refractivity contribution is 8.00. The molecule has 1 saturated carbocycles. The predicted octanol–water partition coefficient (Wildman–Crippen LogP) is 2.42. The van der Waals surface area contributed by atoms with Gasteiger partial charge in [-0.25, -0.2) is 13.1 Å². The fraction of sp³-hybridized carbons (Fsp3) is 0.455. The van der Waals surface area contributed by atoms with Crippen LogP contribution in [0.3, 0.4) is 0 Å². The lowest BCUT2D eigenvalue weighted by Gasteiger charge is -2.14. The first-order valence-corrected chi connectivity index (χ1v) is 8.87. The third-order valence-corrected chi connectivity index (χ3v) is 6.54. The highest BCUT2D eigenvalue weighted by Crippen LogP contribution is 2.46. The van der Waals surface area contributed by atoms with Gasteiger partial charge in [-0.15, -0.1) is 0 Å². The smallest absolute Gasteiger partial charge is 0.258 e. The molecule has 1 aromatic rings. The maximum Gasteiger partial charge on any atom is 0.270 e. The van der Waals surface area contributed by atoms with Crippen LogP contribution >= 0.6 is 23.4 Å². The molecule has 0 unspecified atom stereocenters. The Kier molecular flexibility index (Phi) is 4.29. The molecule has 6 nitrogen and oxygen atoms in total. The molecule has 0 atom stereocenters. The van der Waals surface area contributed by atoms with Crippen LogP contribution in [0.15, 0.2) is 23.1 Å². The van der Waals surface area contributed by atoms with Crippen molar-refractivity contribution < 1.29 is 13.3 Å². The minimum absolute atomic E-state index is 0.0305. The summed E-state index contributed by atoms with van der Waals surface area (Å²) in [5, 5.41) is 10.7. The summed E-state index contributed by atoms with van der Waals surface area (Å²) < 4.78 is 26.8. The minimum atomic E-state index is -3.85. The van der Waals surface area contributed by atoms with Crippen LogP contribution in [0.2, 0.25) is 5.02 Å². The molecule has 9 heteroatoms. The quantitative estimate of drug-likeness (QED) is 0.636. The Hall–Kier alpha value is -0.830. The van der Waals surface area contributed by atoms with Crippen LogP contribution in [0.1, 0.15) is 12.8 Å². The first-order valence-electron chi connectivity index (χ1n) is 5.78. The van der Waals surface area contributed by atoms with Crippen molar-refractivity contribution in [3.05, 3.63) is 33.3 Å². The molecule has 1 aliphatic carbocycles. The third-order valence-electron chi connectivity index (χ3n) is 3.24. The van der Waals surface area contributed by atoms with E-state index in [4.69, 9.17) is 11.6 Å². The molecule has 20 heavy (non-hydrogen) atoms. The van der Waals surface area contributed by atoms with E-state index in [9.17, 15) is 18.5 Å². The molecule has 0 saturated heterocycles. The average molecular weight is 337 g/mol. The number of sulfonamides is 1. The predicted molar refractivity (Wildman–Crippen MR) is 78.8 cm³/mol. The summed E-state index contributed by atoms with van der Waals surface area (Å²) >= 11 is 7.46. The molecule has 0 bridgehead atoms. The number of benzene rings is 1. The number of halogens is 1. The van der Waals surface area contributed by atoms with Gasteiger partial charge in [0, 0.05) is 23.4 Å². The molecule has 0 aromatic heterocycles. The van der Waals surface area contributed by atoms with Crippen LogP contribution < -0.4 is 4.72 Å². The second-order valence-electron chi connectivity index (χ2n) is 4.58. The van der Waals surface area contributed by atoms with E-state index in [0.29, 0.717) is 6.54 Å². The molecular weight excluding hydrogens is 324 g/mol. The van der Waals surface area contributed by atoms with E-state index in [1.54, 1.807) is 11.8 Å². The van der Waals surface area contributed by atoms with E-state index in [1.807, 2.05) is 6.26 Å². The summed E-state index contributed by atoms with van der Waals surface area (Å²) in [5.41, 5.74) is -0.305. The van der Waals surface area contributed by atoms with Gasteiger partial charge in [0.1, 0.15) is 4.90 Å². The lowest BCUT2D eigenvalue weighted by atomic mass is 10.3. The van der Waals surface area contributed by atoms with Gasteiger partial charge >= 0.3 is 0 Å². The number of thioether (sulfide) groups is 1. The first kappa shape index (κ1) is 15.6. The highest BCUT2D eigenvalue weighted by Gasteiger charge is 2.42. The van der Waals surface area contributed by atoms with Crippen molar-refractivity contribution in [3.8, 4) is 0 Å². The van der Waals surface area contributed by atoms with Crippen LogP contribution in [-0.4, -0.2) is 30.9 Å². The largest absolute Gasteiger partial charge is 0.270 e. The Morgan fingerprint density at radius 1 is 1.50 bits per heavy atom. The molecule has 0 amide bonds. The van der Waals surface area contributed by atoms with Gasteiger partial charge in [0.2, 0.25) is 10.0 Å². The number of hydrogen-bond acceptors (Lipinski definition) is 5. The van der Waals surface area contributed by atoms with Crippen molar-refractivity contribution >= 4 is 39.1 Å². The van der Waals surface area contributed by atoms with E-state index in [1.165, 1.54) is 12.1 Å². The highest BCUT2D eigenvalue weighted by atomic mass is 35.5. The monoisotopic (exact) mass is 336 g/mol. The maximum absolute atomic E-state index is 12.2.